The maximum Gasteiger partial charge on any atom is 0.260 e. The lowest BCUT2D eigenvalue weighted by atomic mass is 10.1. The molecule has 0 radical (unpaired) electrons. The lowest BCUT2D eigenvalue weighted by Crippen LogP contribution is -2.37. The van der Waals surface area contributed by atoms with Gasteiger partial charge < -0.3 is 4.74 Å². The van der Waals surface area contributed by atoms with Gasteiger partial charge in [0, 0.05) is 27.6 Å². The molecule has 0 unspecified atom stereocenters. The van der Waals surface area contributed by atoms with Crippen molar-refractivity contribution in [1.82, 2.24) is 4.98 Å². The molecule has 1 aromatic heterocycles. The molecule has 3 aromatic rings. The number of halogens is 2. The maximum absolute atomic E-state index is 13.2. The molecule has 0 N–H and O–H groups in total. The molecular formula is C21H18BrFN2O2S. The Morgan fingerprint density at radius 3 is 2.64 bits per heavy atom. The summed E-state index contributed by atoms with van der Waals surface area (Å²) in [7, 11) is 0. The highest BCUT2D eigenvalue weighted by Gasteiger charge is 2.27. The molecule has 1 aliphatic heterocycles. The molecule has 1 fully saturated rings. The summed E-state index contributed by atoms with van der Waals surface area (Å²) < 4.78 is 19.9. The van der Waals surface area contributed by atoms with E-state index < -0.39 is 0 Å². The molecule has 7 heteroatoms. The van der Waals surface area contributed by atoms with Gasteiger partial charge in [0.1, 0.15) is 5.82 Å². The topological polar surface area (TPSA) is 42.4 Å². The Kier molecular flexibility index (Phi) is 5.85. The minimum absolute atomic E-state index is 0.0116. The molecule has 1 atom stereocenters. The van der Waals surface area contributed by atoms with E-state index >= 15 is 0 Å². The second kappa shape index (κ2) is 8.51. The zero-order valence-electron chi connectivity index (χ0n) is 15.0. The molecular weight excluding hydrogens is 443 g/mol. The molecule has 1 amide bonds. The Morgan fingerprint density at radius 1 is 1.21 bits per heavy atom. The fourth-order valence-corrected chi connectivity index (χ4v) is 4.24. The molecule has 144 valence electrons. The Hall–Kier alpha value is -2.09. The van der Waals surface area contributed by atoms with Gasteiger partial charge in [-0.15, -0.1) is 11.3 Å². The van der Waals surface area contributed by atoms with E-state index in [-0.39, 0.29) is 17.8 Å². The van der Waals surface area contributed by atoms with Crippen LogP contribution in [0.4, 0.5) is 9.52 Å². The second-order valence-electron chi connectivity index (χ2n) is 6.58. The molecule has 0 bridgehead atoms. The average Bonchev–Trinajstić information content (AvgIpc) is 3.39. The summed E-state index contributed by atoms with van der Waals surface area (Å²) in [5, 5.41) is 2.50. The summed E-state index contributed by atoms with van der Waals surface area (Å²) in [6.07, 6.45) is 1.95. The van der Waals surface area contributed by atoms with Crippen LogP contribution in [0.15, 0.2) is 58.4 Å². The SMILES string of the molecule is O=C(c1ccc(Br)cc1)N(C[C@@H]1CCCO1)c1nc(-c2ccc(F)cc2)cs1. The molecule has 1 aliphatic rings. The first-order chi connectivity index (χ1) is 13.6. The van der Waals surface area contributed by atoms with Crippen LogP contribution in [0.2, 0.25) is 0 Å². The van der Waals surface area contributed by atoms with Gasteiger partial charge in [-0.1, -0.05) is 15.9 Å². The maximum atomic E-state index is 13.2. The van der Waals surface area contributed by atoms with Gasteiger partial charge in [0.05, 0.1) is 18.3 Å². The van der Waals surface area contributed by atoms with Crippen LogP contribution >= 0.6 is 27.3 Å². The Balaban J connectivity index is 1.64. The average molecular weight is 461 g/mol. The molecule has 1 saturated heterocycles. The number of anilines is 1. The number of carbonyl (C=O) groups is 1. The number of thiazole rings is 1. The number of rotatable bonds is 5. The standard InChI is InChI=1S/C21H18BrFN2O2S/c22-16-7-3-15(4-8-16)20(26)25(12-18-2-1-11-27-18)21-24-19(13-28-21)14-5-9-17(23)10-6-14/h3-10,13,18H,1-2,11-12H2/t18-/m0/s1. The Morgan fingerprint density at radius 2 is 1.96 bits per heavy atom. The van der Waals surface area contributed by atoms with Gasteiger partial charge in [0.15, 0.2) is 5.13 Å². The van der Waals surface area contributed by atoms with E-state index in [1.165, 1.54) is 23.5 Å². The van der Waals surface area contributed by atoms with Crippen LogP contribution in [0.25, 0.3) is 11.3 Å². The van der Waals surface area contributed by atoms with E-state index in [9.17, 15) is 9.18 Å². The third-order valence-electron chi connectivity index (χ3n) is 4.61. The van der Waals surface area contributed by atoms with Gasteiger partial charge in [-0.2, -0.15) is 0 Å². The van der Waals surface area contributed by atoms with Crippen molar-refractivity contribution in [3.8, 4) is 11.3 Å². The number of ether oxygens (including phenoxy) is 1. The molecule has 2 aromatic carbocycles. The van der Waals surface area contributed by atoms with Crippen LogP contribution in [-0.4, -0.2) is 30.1 Å². The Bertz CT molecular complexity index is 953. The molecule has 0 saturated carbocycles. The van der Waals surface area contributed by atoms with Crippen molar-refractivity contribution in [1.29, 1.82) is 0 Å². The van der Waals surface area contributed by atoms with Crippen molar-refractivity contribution < 1.29 is 13.9 Å². The van der Waals surface area contributed by atoms with Crippen LogP contribution in [0, 0.1) is 5.82 Å². The second-order valence-corrected chi connectivity index (χ2v) is 8.33. The summed E-state index contributed by atoms with van der Waals surface area (Å²) in [5.41, 5.74) is 2.14. The molecule has 4 nitrogen and oxygen atoms in total. The minimum Gasteiger partial charge on any atom is -0.376 e. The van der Waals surface area contributed by atoms with Crippen molar-refractivity contribution in [3.63, 3.8) is 0 Å². The monoisotopic (exact) mass is 460 g/mol. The molecule has 0 spiro atoms. The summed E-state index contributed by atoms with van der Waals surface area (Å²) in [6, 6.07) is 13.5. The third-order valence-corrected chi connectivity index (χ3v) is 6.00. The first-order valence-corrected chi connectivity index (χ1v) is 10.7. The van der Waals surface area contributed by atoms with Crippen LogP contribution in [0.3, 0.4) is 0 Å². The van der Waals surface area contributed by atoms with E-state index in [0.717, 1.165) is 35.2 Å². The van der Waals surface area contributed by atoms with Crippen molar-refractivity contribution in [3.05, 3.63) is 69.8 Å². The minimum atomic E-state index is -0.287. The number of aromatic nitrogens is 1. The van der Waals surface area contributed by atoms with Crippen molar-refractivity contribution >= 4 is 38.3 Å². The number of hydrogen-bond acceptors (Lipinski definition) is 4. The smallest absolute Gasteiger partial charge is 0.260 e. The fourth-order valence-electron chi connectivity index (χ4n) is 3.13. The van der Waals surface area contributed by atoms with Gasteiger partial charge in [-0.3, -0.25) is 9.69 Å². The third kappa shape index (κ3) is 4.32. The zero-order valence-corrected chi connectivity index (χ0v) is 17.4. The predicted molar refractivity (Wildman–Crippen MR) is 112 cm³/mol. The first-order valence-electron chi connectivity index (χ1n) is 9.00. The van der Waals surface area contributed by atoms with Crippen LogP contribution in [0.1, 0.15) is 23.2 Å². The number of amides is 1. The lowest BCUT2D eigenvalue weighted by molar-refractivity contribution is 0.0917. The fraction of sp³-hybridized carbons (Fsp3) is 0.238. The Labute approximate surface area is 175 Å². The zero-order chi connectivity index (χ0) is 19.5. The van der Waals surface area contributed by atoms with E-state index in [4.69, 9.17) is 4.74 Å². The number of benzene rings is 2. The van der Waals surface area contributed by atoms with E-state index in [1.54, 1.807) is 29.2 Å². The van der Waals surface area contributed by atoms with Gasteiger partial charge in [-0.25, -0.2) is 9.37 Å². The van der Waals surface area contributed by atoms with Gasteiger partial charge in [0.2, 0.25) is 0 Å². The van der Waals surface area contributed by atoms with E-state index in [2.05, 4.69) is 20.9 Å². The van der Waals surface area contributed by atoms with Crippen LogP contribution in [0.5, 0.6) is 0 Å². The quantitative estimate of drug-likeness (QED) is 0.501. The highest BCUT2D eigenvalue weighted by Crippen LogP contribution is 2.30. The van der Waals surface area contributed by atoms with Crippen molar-refractivity contribution in [2.75, 3.05) is 18.1 Å². The normalized spacial score (nSPS) is 16.3. The number of nitrogens with zero attached hydrogens (tertiary/aromatic N) is 2. The molecule has 2 heterocycles. The van der Waals surface area contributed by atoms with Crippen molar-refractivity contribution in [2.24, 2.45) is 0 Å². The number of carbonyl (C=O) groups excluding carboxylic acids is 1. The molecule has 4 rings (SSSR count). The summed E-state index contributed by atoms with van der Waals surface area (Å²) in [4.78, 5) is 19.6. The summed E-state index contributed by atoms with van der Waals surface area (Å²) in [5.74, 6) is -0.396. The predicted octanol–water partition coefficient (Wildman–Crippen LogP) is 5.54. The van der Waals surface area contributed by atoms with E-state index in [1.807, 2.05) is 17.5 Å². The summed E-state index contributed by atoms with van der Waals surface area (Å²) in [6.45, 7) is 1.19. The van der Waals surface area contributed by atoms with Crippen LogP contribution in [-0.2, 0) is 4.74 Å². The van der Waals surface area contributed by atoms with Gasteiger partial charge in [-0.05, 0) is 61.4 Å². The highest BCUT2D eigenvalue weighted by atomic mass is 79.9. The van der Waals surface area contributed by atoms with Crippen molar-refractivity contribution in [2.45, 2.75) is 18.9 Å². The van der Waals surface area contributed by atoms with Gasteiger partial charge >= 0.3 is 0 Å². The summed E-state index contributed by atoms with van der Waals surface area (Å²) >= 11 is 4.80. The largest absolute Gasteiger partial charge is 0.376 e. The van der Waals surface area contributed by atoms with E-state index in [0.29, 0.717) is 17.2 Å². The highest BCUT2D eigenvalue weighted by molar-refractivity contribution is 9.10. The lowest BCUT2D eigenvalue weighted by Gasteiger charge is -2.23. The number of hydrogen-bond donors (Lipinski definition) is 0. The molecule has 0 aliphatic carbocycles. The first kappa shape index (κ1) is 19.2. The van der Waals surface area contributed by atoms with Crippen LogP contribution < -0.4 is 4.90 Å². The molecule has 28 heavy (non-hydrogen) atoms. The van der Waals surface area contributed by atoms with Gasteiger partial charge in [0.25, 0.3) is 5.91 Å².